The molecule has 8 nitrogen and oxygen atoms in total. The number of rotatable bonds is 2. The second-order valence-corrected chi connectivity index (χ2v) is 4.97. The summed E-state index contributed by atoms with van der Waals surface area (Å²) >= 11 is 6.17. The van der Waals surface area contributed by atoms with Gasteiger partial charge in [0.2, 0.25) is 0 Å². The van der Waals surface area contributed by atoms with Crippen LogP contribution in [0.5, 0.6) is 0 Å². The summed E-state index contributed by atoms with van der Waals surface area (Å²) in [7, 11) is 0. The summed E-state index contributed by atoms with van der Waals surface area (Å²) in [4.78, 5) is 30.4. The van der Waals surface area contributed by atoms with Gasteiger partial charge in [0, 0.05) is 30.6 Å². The highest BCUT2D eigenvalue weighted by atomic mass is 35.5. The monoisotopic (exact) mass is 310 g/mol. The molecule has 0 bridgehead atoms. The molecular weight excluding hydrogens is 300 g/mol. The normalized spacial score (nSPS) is 15.4. The summed E-state index contributed by atoms with van der Waals surface area (Å²) in [5, 5.41) is 11.4. The van der Waals surface area contributed by atoms with E-state index in [1.807, 2.05) is 4.90 Å². The number of pyridine rings is 2. The van der Waals surface area contributed by atoms with Crippen LogP contribution in [0.2, 0.25) is 5.02 Å². The van der Waals surface area contributed by atoms with Gasteiger partial charge in [0.15, 0.2) is 0 Å². The topological polar surface area (TPSA) is 101 Å². The lowest BCUT2D eigenvalue weighted by atomic mass is 10.2. The van der Waals surface area contributed by atoms with Crippen LogP contribution in [0, 0.1) is 10.1 Å². The van der Waals surface area contributed by atoms with Gasteiger partial charge in [-0.25, -0.2) is 4.98 Å². The molecule has 0 amide bonds. The molecule has 1 fully saturated rings. The van der Waals surface area contributed by atoms with Crippen LogP contribution in [0.15, 0.2) is 16.9 Å². The zero-order valence-electron chi connectivity index (χ0n) is 10.8. The Kier molecular flexibility index (Phi) is 3.48. The number of aromatic nitrogens is 2. The third-order valence-corrected chi connectivity index (χ3v) is 3.58. The highest BCUT2D eigenvalue weighted by molar-refractivity contribution is 6.35. The zero-order valence-corrected chi connectivity index (χ0v) is 11.6. The molecule has 9 heteroatoms. The van der Waals surface area contributed by atoms with E-state index in [2.05, 4.69) is 9.97 Å². The number of nitrogens with one attached hydrogen (secondary N) is 1. The summed E-state index contributed by atoms with van der Waals surface area (Å²) in [5.41, 5.74) is -1.11. The van der Waals surface area contributed by atoms with E-state index in [1.165, 1.54) is 0 Å². The second kappa shape index (κ2) is 5.30. The van der Waals surface area contributed by atoms with E-state index in [4.69, 9.17) is 16.3 Å². The van der Waals surface area contributed by atoms with Crippen molar-refractivity contribution in [2.24, 2.45) is 0 Å². The molecule has 0 radical (unpaired) electrons. The maximum Gasteiger partial charge on any atom is 0.334 e. The van der Waals surface area contributed by atoms with E-state index >= 15 is 0 Å². The van der Waals surface area contributed by atoms with Crippen molar-refractivity contribution in [3.63, 3.8) is 0 Å². The summed E-state index contributed by atoms with van der Waals surface area (Å²) < 4.78 is 5.26. The van der Waals surface area contributed by atoms with Crippen molar-refractivity contribution in [1.82, 2.24) is 9.97 Å². The number of anilines is 1. The molecule has 3 rings (SSSR count). The maximum absolute atomic E-state index is 11.7. The predicted octanol–water partition coefficient (Wildman–Crippen LogP) is 1.32. The van der Waals surface area contributed by atoms with Gasteiger partial charge in [-0.05, 0) is 0 Å². The average molecular weight is 311 g/mol. The molecular formula is C12H11ClN4O4. The number of nitrogens with zero attached hydrogens (tertiary/aromatic N) is 3. The van der Waals surface area contributed by atoms with Crippen LogP contribution >= 0.6 is 11.6 Å². The third kappa shape index (κ3) is 2.55. The molecule has 1 aliphatic rings. The minimum Gasteiger partial charge on any atom is -0.378 e. The molecule has 0 unspecified atom stereocenters. The molecule has 0 atom stereocenters. The first-order chi connectivity index (χ1) is 10.1. The van der Waals surface area contributed by atoms with Gasteiger partial charge in [-0.1, -0.05) is 11.6 Å². The van der Waals surface area contributed by atoms with E-state index in [0.717, 1.165) is 6.07 Å². The van der Waals surface area contributed by atoms with Crippen LogP contribution in [0.4, 0.5) is 11.5 Å². The number of aromatic amines is 1. The fourth-order valence-electron chi connectivity index (χ4n) is 2.21. The standard InChI is InChI=1S/C12H11ClN4O4/c13-8-6-10(16-1-3-21-4-2-16)14-11-7(8)5-9(17(19)20)12(18)15-11/h5-6H,1-4H2,(H,14,15,18). The van der Waals surface area contributed by atoms with Gasteiger partial charge in [0.25, 0.3) is 0 Å². The van der Waals surface area contributed by atoms with E-state index < -0.39 is 16.2 Å². The Morgan fingerprint density at radius 3 is 2.76 bits per heavy atom. The number of nitro groups is 1. The van der Waals surface area contributed by atoms with Gasteiger partial charge < -0.3 is 14.6 Å². The molecule has 110 valence electrons. The first-order valence-electron chi connectivity index (χ1n) is 6.27. The molecule has 0 aromatic carbocycles. The van der Waals surface area contributed by atoms with Crippen molar-refractivity contribution in [2.75, 3.05) is 31.2 Å². The van der Waals surface area contributed by atoms with Gasteiger partial charge in [-0.15, -0.1) is 0 Å². The minimum absolute atomic E-state index is 0.236. The number of morpholine rings is 1. The summed E-state index contributed by atoms with van der Waals surface area (Å²) in [6, 6.07) is 2.78. The molecule has 2 aromatic rings. The Morgan fingerprint density at radius 1 is 1.38 bits per heavy atom. The summed E-state index contributed by atoms with van der Waals surface area (Å²) in [6.45, 7) is 2.53. The van der Waals surface area contributed by atoms with Crippen molar-refractivity contribution < 1.29 is 9.66 Å². The fraction of sp³-hybridized carbons (Fsp3) is 0.333. The zero-order chi connectivity index (χ0) is 15.0. The molecule has 1 aliphatic heterocycles. The Morgan fingerprint density at radius 2 is 2.10 bits per heavy atom. The van der Waals surface area contributed by atoms with E-state index in [0.29, 0.717) is 42.5 Å². The largest absolute Gasteiger partial charge is 0.378 e. The Bertz CT molecular complexity index is 770. The van der Waals surface area contributed by atoms with Crippen LogP contribution in [0.3, 0.4) is 0 Å². The molecule has 0 spiro atoms. The lowest BCUT2D eigenvalue weighted by Crippen LogP contribution is -2.36. The number of hydrogen-bond donors (Lipinski definition) is 1. The third-order valence-electron chi connectivity index (χ3n) is 3.27. The van der Waals surface area contributed by atoms with Crippen molar-refractivity contribution in [1.29, 1.82) is 0 Å². The van der Waals surface area contributed by atoms with Crippen LogP contribution in [-0.4, -0.2) is 41.2 Å². The first kappa shape index (κ1) is 13.8. The van der Waals surface area contributed by atoms with Crippen LogP contribution < -0.4 is 10.5 Å². The van der Waals surface area contributed by atoms with Crippen molar-refractivity contribution in [3.05, 3.63) is 37.6 Å². The van der Waals surface area contributed by atoms with Gasteiger partial charge >= 0.3 is 11.2 Å². The number of fused-ring (bicyclic) bond motifs is 1. The molecule has 21 heavy (non-hydrogen) atoms. The molecule has 2 aromatic heterocycles. The number of H-pyrrole nitrogens is 1. The Labute approximate surface area is 123 Å². The lowest BCUT2D eigenvalue weighted by molar-refractivity contribution is -0.386. The second-order valence-electron chi connectivity index (χ2n) is 4.56. The van der Waals surface area contributed by atoms with Crippen LogP contribution in [-0.2, 0) is 4.74 Å². The first-order valence-corrected chi connectivity index (χ1v) is 6.65. The van der Waals surface area contributed by atoms with Crippen molar-refractivity contribution >= 4 is 34.1 Å². The van der Waals surface area contributed by atoms with Gasteiger partial charge in [0.1, 0.15) is 11.5 Å². The highest BCUT2D eigenvalue weighted by Crippen LogP contribution is 2.27. The Balaban J connectivity index is 2.13. The molecule has 0 aliphatic carbocycles. The lowest BCUT2D eigenvalue weighted by Gasteiger charge is -2.28. The predicted molar refractivity (Wildman–Crippen MR) is 77.1 cm³/mol. The van der Waals surface area contributed by atoms with E-state index in [-0.39, 0.29) is 5.65 Å². The average Bonchev–Trinajstić information content (AvgIpc) is 2.47. The number of halogens is 1. The van der Waals surface area contributed by atoms with E-state index in [1.54, 1.807) is 6.07 Å². The quantitative estimate of drug-likeness (QED) is 0.663. The van der Waals surface area contributed by atoms with Gasteiger partial charge in [0.05, 0.1) is 23.2 Å². The minimum atomic E-state index is -0.796. The molecule has 1 saturated heterocycles. The molecule has 0 saturated carbocycles. The highest BCUT2D eigenvalue weighted by Gasteiger charge is 2.18. The molecule has 1 N–H and O–H groups in total. The summed E-state index contributed by atoms with van der Waals surface area (Å²) in [5.74, 6) is 0.611. The van der Waals surface area contributed by atoms with Crippen LogP contribution in [0.25, 0.3) is 11.0 Å². The summed E-state index contributed by atoms with van der Waals surface area (Å²) in [6.07, 6.45) is 0. The smallest absolute Gasteiger partial charge is 0.334 e. The Hall–Kier alpha value is -2.19. The van der Waals surface area contributed by atoms with Gasteiger partial charge in [-0.2, -0.15) is 0 Å². The fourth-order valence-corrected chi connectivity index (χ4v) is 2.45. The van der Waals surface area contributed by atoms with Crippen molar-refractivity contribution in [2.45, 2.75) is 0 Å². The number of ether oxygens (including phenoxy) is 1. The molecule has 3 heterocycles. The SMILES string of the molecule is O=c1[nH]c2nc(N3CCOCC3)cc(Cl)c2cc1[N+](=O)[O-]. The van der Waals surface area contributed by atoms with Crippen molar-refractivity contribution in [3.8, 4) is 0 Å². The maximum atomic E-state index is 11.7. The van der Waals surface area contributed by atoms with Crippen LogP contribution in [0.1, 0.15) is 0 Å². The van der Waals surface area contributed by atoms with E-state index in [9.17, 15) is 14.9 Å². The van der Waals surface area contributed by atoms with Gasteiger partial charge in [-0.3, -0.25) is 14.9 Å². The number of hydrogen-bond acceptors (Lipinski definition) is 6.